The molecule has 0 saturated heterocycles. The molecular weight excluding hydrogens is 301 g/mol. The average Bonchev–Trinajstić information content (AvgIpc) is 2.70. The highest BCUT2D eigenvalue weighted by molar-refractivity contribution is 7.13. The monoisotopic (exact) mass is 305 g/mol. The first-order chi connectivity index (χ1) is 8.00. The van der Waals surface area contributed by atoms with Gasteiger partial charge in [-0.3, -0.25) is 4.79 Å². The minimum atomic E-state index is -0.213. The molecule has 0 saturated carbocycles. The van der Waals surface area contributed by atoms with E-state index in [-0.39, 0.29) is 21.5 Å². The standard InChI is InChI=1S/C11H6Cl3NOS/c12-6-1-2-17-11(6)10(16)5-3-7(13)9(14)8(15)4-5/h1-4H,15H2. The van der Waals surface area contributed by atoms with E-state index in [9.17, 15) is 4.79 Å². The van der Waals surface area contributed by atoms with Crippen LogP contribution in [0, 0.1) is 0 Å². The Hall–Kier alpha value is -0.740. The summed E-state index contributed by atoms with van der Waals surface area (Å²) in [5.74, 6) is -0.213. The van der Waals surface area contributed by atoms with E-state index in [1.807, 2.05) is 0 Å². The first kappa shape index (κ1) is 12.7. The number of nitrogens with two attached hydrogens (primary N) is 1. The van der Waals surface area contributed by atoms with Crippen LogP contribution >= 0.6 is 46.1 Å². The van der Waals surface area contributed by atoms with Gasteiger partial charge in [0.1, 0.15) is 0 Å². The van der Waals surface area contributed by atoms with Crippen LogP contribution in [0.4, 0.5) is 5.69 Å². The molecule has 2 aromatic rings. The zero-order valence-electron chi connectivity index (χ0n) is 8.34. The van der Waals surface area contributed by atoms with E-state index in [1.54, 1.807) is 11.4 Å². The number of hydrogen-bond acceptors (Lipinski definition) is 3. The summed E-state index contributed by atoms with van der Waals surface area (Å²) in [7, 11) is 0. The Balaban J connectivity index is 2.49. The van der Waals surface area contributed by atoms with E-state index in [2.05, 4.69) is 0 Å². The van der Waals surface area contributed by atoms with Gasteiger partial charge in [-0.1, -0.05) is 34.8 Å². The molecule has 17 heavy (non-hydrogen) atoms. The summed E-state index contributed by atoms with van der Waals surface area (Å²) in [6, 6.07) is 4.64. The molecule has 0 fully saturated rings. The lowest BCUT2D eigenvalue weighted by atomic mass is 10.1. The lowest BCUT2D eigenvalue weighted by molar-refractivity contribution is 0.104. The highest BCUT2D eigenvalue weighted by Gasteiger charge is 2.16. The van der Waals surface area contributed by atoms with Crippen LogP contribution in [-0.4, -0.2) is 5.78 Å². The van der Waals surface area contributed by atoms with Gasteiger partial charge in [-0.2, -0.15) is 0 Å². The lowest BCUT2D eigenvalue weighted by Gasteiger charge is -2.05. The number of benzene rings is 1. The van der Waals surface area contributed by atoms with Gasteiger partial charge in [0.15, 0.2) is 0 Å². The molecule has 2 rings (SSSR count). The molecule has 0 aliphatic heterocycles. The van der Waals surface area contributed by atoms with Crippen molar-refractivity contribution in [2.45, 2.75) is 0 Å². The largest absolute Gasteiger partial charge is 0.397 e. The predicted molar refractivity (Wildman–Crippen MR) is 73.6 cm³/mol. The van der Waals surface area contributed by atoms with Gasteiger partial charge in [-0.15, -0.1) is 11.3 Å². The minimum absolute atomic E-state index is 0.213. The van der Waals surface area contributed by atoms with Crippen molar-refractivity contribution in [2.24, 2.45) is 0 Å². The van der Waals surface area contributed by atoms with Crippen LogP contribution in [0.2, 0.25) is 15.1 Å². The third-order valence-electron chi connectivity index (χ3n) is 2.14. The summed E-state index contributed by atoms with van der Waals surface area (Å²) in [5, 5.41) is 2.67. The molecule has 0 aliphatic rings. The first-order valence-corrected chi connectivity index (χ1v) is 6.54. The second-order valence-electron chi connectivity index (χ2n) is 3.29. The van der Waals surface area contributed by atoms with Crippen LogP contribution in [0.3, 0.4) is 0 Å². The van der Waals surface area contributed by atoms with Gasteiger partial charge in [0.25, 0.3) is 0 Å². The fourth-order valence-electron chi connectivity index (χ4n) is 1.33. The number of carbonyl (C=O) groups excluding carboxylic acids is 1. The Labute approximate surface area is 117 Å². The molecule has 2 N–H and O–H groups in total. The van der Waals surface area contributed by atoms with Crippen molar-refractivity contribution in [2.75, 3.05) is 5.73 Å². The summed E-state index contributed by atoms with van der Waals surface area (Å²) in [4.78, 5) is 12.6. The van der Waals surface area contributed by atoms with E-state index in [0.29, 0.717) is 15.5 Å². The van der Waals surface area contributed by atoms with Crippen LogP contribution in [-0.2, 0) is 0 Å². The number of rotatable bonds is 2. The van der Waals surface area contributed by atoms with Crippen LogP contribution in [0.15, 0.2) is 23.6 Å². The molecule has 1 aromatic heterocycles. The van der Waals surface area contributed by atoms with Crippen LogP contribution < -0.4 is 5.73 Å². The van der Waals surface area contributed by atoms with Crippen molar-refractivity contribution in [3.63, 3.8) is 0 Å². The fraction of sp³-hybridized carbons (Fsp3) is 0. The summed E-state index contributed by atoms with van der Waals surface area (Å²) in [6.45, 7) is 0. The van der Waals surface area contributed by atoms with Crippen molar-refractivity contribution in [3.8, 4) is 0 Å². The van der Waals surface area contributed by atoms with Crippen LogP contribution in [0.1, 0.15) is 15.2 Å². The number of hydrogen-bond donors (Lipinski definition) is 1. The SMILES string of the molecule is Nc1cc(C(=O)c2sccc2Cl)cc(Cl)c1Cl. The molecule has 88 valence electrons. The molecule has 0 unspecified atom stereocenters. The Bertz CT molecular complexity index is 571. The number of ketones is 1. The molecule has 2 nitrogen and oxygen atoms in total. The number of anilines is 1. The van der Waals surface area contributed by atoms with Crippen LogP contribution in [0.5, 0.6) is 0 Å². The summed E-state index contributed by atoms with van der Waals surface area (Å²) < 4.78 is 0. The molecule has 0 spiro atoms. The van der Waals surface area contributed by atoms with Gasteiger partial charge in [0, 0.05) is 5.56 Å². The van der Waals surface area contributed by atoms with Gasteiger partial charge in [0.2, 0.25) is 5.78 Å². The van der Waals surface area contributed by atoms with E-state index in [4.69, 9.17) is 40.5 Å². The number of nitrogen functional groups attached to an aromatic ring is 1. The molecule has 0 amide bonds. The summed E-state index contributed by atoms with van der Waals surface area (Å²) in [6.07, 6.45) is 0. The van der Waals surface area contributed by atoms with Gasteiger partial charge in [0.05, 0.1) is 25.6 Å². The van der Waals surface area contributed by atoms with E-state index < -0.39 is 0 Å². The number of thiophene rings is 1. The lowest BCUT2D eigenvalue weighted by Crippen LogP contribution is -2.01. The quantitative estimate of drug-likeness (QED) is 0.654. The second kappa shape index (κ2) is 4.86. The molecule has 0 bridgehead atoms. The van der Waals surface area contributed by atoms with Gasteiger partial charge < -0.3 is 5.73 Å². The average molecular weight is 307 g/mol. The highest BCUT2D eigenvalue weighted by atomic mass is 35.5. The zero-order valence-corrected chi connectivity index (χ0v) is 11.4. The molecule has 1 heterocycles. The molecule has 0 radical (unpaired) electrons. The van der Waals surface area contributed by atoms with Gasteiger partial charge in [-0.25, -0.2) is 0 Å². The zero-order chi connectivity index (χ0) is 12.6. The molecular formula is C11H6Cl3NOS. The van der Waals surface area contributed by atoms with Crippen LogP contribution in [0.25, 0.3) is 0 Å². The first-order valence-electron chi connectivity index (χ1n) is 4.53. The Morgan fingerprint density at radius 2 is 1.88 bits per heavy atom. The van der Waals surface area contributed by atoms with E-state index >= 15 is 0 Å². The normalized spacial score (nSPS) is 10.5. The maximum atomic E-state index is 12.1. The Morgan fingerprint density at radius 3 is 2.41 bits per heavy atom. The highest BCUT2D eigenvalue weighted by Crippen LogP contribution is 2.32. The van der Waals surface area contributed by atoms with Crippen molar-refractivity contribution in [3.05, 3.63) is 49.1 Å². The maximum absolute atomic E-state index is 12.1. The summed E-state index contributed by atoms with van der Waals surface area (Å²) >= 11 is 18.9. The third kappa shape index (κ3) is 2.43. The van der Waals surface area contributed by atoms with Crippen molar-refractivity contribution >= 4 is 57.6 Å². The third-order valence-corrected chi connectivity index (χ3v) is 4.30. The second-order valence-corrected chi connectivity index (χ2v) is 5.40. The molecule has 1 aromatic carbocycles. The van der Waals surface area contributed by atoms with E-state index in [1.165, 1.54) is 23.5 Å². The van der Waals surface area contributed by atoms with E-state index in [0.717, 1.165) is 0 Å². The van der Waals surface area contributed by atoms with Crippen molar-refractivity contribution in [1.29, 1.82) is 0 Å². The topological polar surface area (TPSA) is 43.1 Å². The number of carbonyl (C=O) groups is 1. The summed E-state index contributed by atoms with van der Waals surface area (Å²) in [5.41, 5.74) is 6.30. The Morgan fingerprint density at radius 1 is 1.18 bits per heavy atom. The Kier molecular flexibility index (Phi) is 3.64. The smallest absolute Gasteiger partial charge is 0.204 e. The maximum Gasteiger partial charge on any atom is 0.204 e. The molecule has 0 atom stereocenters. The fourth-order valence-corrected chi connectivity index (χ4v) is 2.77. The van der Waals surface area contributed by atoms with Gasteiger partial charge in [-0.05, 0) is 23.6 Å². The minimum Gasteiger partial charge on any atom is -0.397 e. The van der Waals surface area contributed by atoms with Gasteiger partial charge >= 0.3 is 0 Å². The molecule has 0 aliphatic carbocycles. The molecule has 6 heteroatoms. The number of halogens is 3. The van der Waals surface area contributed by atoms with Crippen molar-refractivity contribution in [1.82, 2.24) is 0 Å². The van der Waals surface area contributed by atoms with Crippen molar-refractivity contribution < 1.29 is 4.79 Å². The predicted octanol–water partition coefficient (Wildman–Crippen LogP) is 4.52.